The van der Waals surface area contributed by atoms with E-state index in [-0.39, 0.29) is 23.0 Å². The van der Waals surface area contributed by atoms with Crippen LogP contribution in [0.25, 0.3) is 0 Å². The number of aromatic nitrogens is 1. The molecular weight excluding hydrogens is 228 g/mol. The van der Waals surface area contributed by atoms with Crippen LogP contribution in [-0.4, -0.2) is 18.4 Å². The predicted octanol–water partition coefficient (Wildman–Crippen LogP) is 2.58. The van der Waals surface area contributed by atoms with Crippen molar-refractivity contribution in [2.24, 2.45) is 0 Å². The summed E-state index contributed by atoms with van der Waals surface area (Å²) >= 11 is 5.47. The summed E-state index contributed by atoms with van der Waals surface area (Å²) in [5.41, 5.74) is -0.610. The number of methoxy groups -OCH3 is 1. The van der Waals surface area contributed by atoms with Gasteiger partial charge in [0, 0.05) is 11.6 Å². The van der Waals surface area contributed by atoms with E-state index in [2.05, 4.69) is 4.98 Å². The van der Waals surface area contributed by atoms with Gasteiger partial charge in [0.25, 0.3) is 6.43 Å². The van der Waals surface area contributed by atoms with E-state index in [0.717, 1.165) is 6.07 Å². The third-order valence-corrected chi connectivity index (χ3v) is 2.08. The van der Waals surface area contributed by atoms with Gasteiger partial charge in [-0.15, -0.1) is 11.6 Å². The minimum atomic E-state index is -2.78. The Bertz CT molecular complexity index is 371. The standard InChI is InChI=1S/C9H8ClF2NO2/c1-15-7-2-5(4-14)8(9(11)12)6(3-10)13-7/h2,4,9H,3H2,1H3. The quantitative estimate of drug-likeness (QED) is 0.595. The first kappa shape index (κ1) is 11.8. The van der Waals surface area contributed by atoms with Gasteiger partial charge in [0.2, 0.25) is 5.88 Å². The molecule has 6 heteroatoms. The van der Waals surface area contributed by atoms with Crippen LogP contribution in [0.3, 0.4) is 0 Å². The Hall–Kier alpha value is -1.23. The van der Waals surface area contributed by atoms with E-state index >= 15 is 0 Å². The van der Waals surface area contributed by atoms with Gasteiger partial charge in [-0.3, -0.25) is 4.79 Å². The van der Waals surface area contributed by atoms with Gasteiger partial charge in [0.1, 0.15) is 0 Å². The number of alkyl halides is 3. The summed E-state index contributed by atoms with van der Waals surface area (Å²) in [7, 11) is 1.33. The zero-order valence-electron chi connectivity index (χ0n) is 7.84. The molecule has 1 rings (SSSR count). The lowest BCUT2D eigenvalue weighted by Crippen LogP contribution is -2.03. The van der Waals surface area contributed by atoms with Crippen LogP contribution in [0, 0.1) is 0 Å². The molecule has 1 aromatic heterocycles. The molecule has 15 heavy (non-hydrogen) atoms. The second-order valence-corrected chi connectivity index (χ2v) is 2.93. The SMILES string of the molecule is COc1cc(C=O)c(C(F)F)c(CCl)n1. The molecule has 1 heterocycles. The molecule has 0 unspecified atom stereocenters. The average molecular weight is 236 g/mol. The molecule has 0 aromatic carbocycles. The number of halogens is 3. The first-order valence-electron chi connectivity index (χ1n) is 4.01. The number of nitrogens with zero attached hydrogens (tertiary/aromatic N) is 1. The van der Waals surface area contributed by atoms with Crippen molar-refractivity contribution < 1.29 is 18.3 Å². The van der Waals surface area contributed by atoms with Gasteiger partial charge in [-0.1, -0.05) is 0 Å². The van der Waals surface area contributed by atoms with Crippen LogP contribution in [0.2, 0.25) is 0 Å². The first-order valence-corrected chi connectivity index (χ1v) is 4.54. The van der Waals surface area contributed by atoms with E-state index in [1.54, 1.807) is 0 Å². The Morgan fingerprint density at radius 3 is 2.73 bits per heavy atom. The second kappa shape index (κ2) is 5.02. The molecule has 0 atom stereocenters. The molecule has 82 valence electrons. The lowest BCUT2D eigenvalue weighted by Gasteiger charge is -2.10. The van der Waals surface area contributed by atoms with Crippen LogP contribution in [0.5, 0.6) is 5.88 Å². The van der Waals surface area contributed by atoms with Gasteiger partial charge in [0.15, 0.2) is 6.29 Å². The number of carbonyl (C=O) groups is 1. The van der Waals surface area contributed by atoms with Crippen LogP contribution in [0.4, 0.5) is 8.78 Å². The molecule has 0 bridgehead atoms. The molecule has 1 aromatic rings. The molecule has 0 aliphatic carbocycles. The van der Waals surface area contributed by atoms with Crippen molar-refractivity contribution in [3.8, 4) is 5.88 Å². The highest BCUT2D eigenvalue weighted by Crippen LogP contribution is 2.28. The first-order chi connectivity index (χ1) is 7.13. The van der Waals surface area contributed by atoms with Gasteiger partial charge in [-0.2, -0.15) is 0 Å². The normalized spacial score (nSPS) is 10.5. The van der Waals surface area contributed by atoms with Crippen molar-refractivity contribution in [3.63, 3.8) is 0 Å². The third-order valence-electron chi connectivity index (χ3n) is 1.83. The molecule has 3 nitrogen and oxygen atoms in total. The molecule has 0 spiro atoms. The fraction of sp³-hybridized carbons (Fsp3) is 0.333. The zero-order valence-corrected chi connectivity index (χ0v) is 8.59. The zero-order chi connectivity index (χ0) is 11.4. The number of ether oxygens (including phenoxy) is 1. The van der Waals surface area contributed by atoms with Crippen LogP contribution in [0.15, 0.2) is 6.07 Å². The third kappa shape index (κ3) is 2.41. The van der Waals surface area contributed by atoms with Crippen molar-refractivity contribution in [1.82, 2.24) is 4.98 Å². The van der Waals surface area contributed by atoms with Gasteiger partial charge in [-0.05, 0) is 0 Å². The van der Waals surface area contributed by atoms with Crippen LogP contribution in [0.1, 0.15) is 28.0 Å². The Labute approximate surface area is 90.0 Å². The Morgan fingerprint density at radius 2 is 2.33 bits per heavy atom. The van der Waals surface area contributed by atoms with Crippen LogP contribution in [-0.2, 0) is 5.88 Å². The molecule has 0 N–H and O–H groups in total. The maximum absolute atomic E-state index is 12.6. The molecule has 0 saturated carbocycles. The number of pyridine rings is 1. The topological polar surface area (TPSA) is 39.2 Å². The molecule has 0 radical (unpaired) electrons. The second-order valence-electron chi connectivity index (χ2n) is 2.67. The Kier molecular flexibility index (Phi) is 3.96. The molecule has 0 amide bonds. The Morgan fingerprint density at radius 1 is 1.67 bits per heavy atom. The van der Waals surface area contributed by atoms with E-state index in [9.17, 15) is 13.6 Å². The number of carbonyl (C=O) groups excluding carboxylic acids is 1. The molecule has 0 saturated heterocycles. The number of aldehydes is 1. The van der Waals surface area contributed by atoms with Crippen molar-refractivity contribution >= 4 is 17.9 Å². The van der Waals surface area contributed by atoms with Crippen molar-refractivity contribution in [3.05, 3.63) is 22.9 Å². The molecule has 0 aliphatic rings. The van der Waals surface area contributed by atoms with Crippen molar-refractivity contribution in [2.75, 3.05) is 7.11 Å². The molecule has 0 aliphatic heterocycles. The number of hydrogen-bond donors (Lipinski definition) is 0. The van der Waals surface area contributed by atoms with Gasteiger partial charge in [0.05, 0.1) is 24.2 Å². The van der Waals surface area contributed by atoms with Gasteiger partial charge < -0.3 is 4.74 Å². The minimum absolute atomic E-state index is 0.0342. The van der Waals surface area contributed by atoms with E-state index in [1.807, 2.05) is 0 Å². The summed E-state index contributed by atoms with van der Waals surface area (Å²) in [6.07, 6.45) is -2.45. The highest BCUT2D eigenvalue weighted by molar-refractivity contribution is 6.17. The Balaban J connectivity index is 3.39. The lowest BCUT2D eigenvalue weighted by atomic mass is 10.1. The number of hydrogen-bond acceptors (Lipinski definition) is 3. The highest BCUT2D eigenvalue weighted by Gasteiger charge is 2.20. The summed E-state index contributed by atoms with van der Waals surface area (Å²) in [5.74, 6) is -0.102. The lowest BCUT2D eigenvalue weighted by molar-refractivity contribution is 0.110. The summed E-state index contributed by atoms with van der Waals surface area (Å²) in [6, 6.07) is 1.16. The monoisotopic (exact) mass is 235 g/mol. The molecule has 0 fully saturated rings. The fourth-order valence-corrected chi connectivity index (χ4v) is 1.36. The van der Waals surface area contributed by atoms with E-state index in [4.69, 9.17) is 16.3 Å². The van der Waals surface area contributed by atoms with Crippen molar-refractivity contribution in [2.45, 2.75) is 12.3 Å². The van der Waals surface area contributed by atoms with E-state index < -0.39 is 12.0 Å². The van der Waals surface area contributed by atoms with Crippen molar-refractivity contribution in [1.29, 1.82) is 0 Å². The summed E-state index contributed by atoms with van der Waals surface area (Å²) < 4.78 is 30.0. The van der Waals surface area contributed by atoms with Crippen LogP contribution >= 0.6 is 11.6 Å². The largest absolute Gasteiger partial charge is 0.481 e. The highest BCUT2D eigenvalue weighted by atomic mass is 35.5. The van der Waals surface area contributed by atoms with E-state index in [1.165, 1.54) is 7.11 Å². The molecular formula is C9H8ClF2NO2. The maximum Gasteiger partial charge on any atom is 0.266 e. The summed E-state index contributed by atoms with van der Waals surface area (Å²) in [5, 5.41) is 0. The maximum atomic E-state index is 12.6. The summed E-state index contributed by atoms with van der Waals surface area (Å²) in [6.45, 7) is 0. The van der Waals surface area contributed by atoms with E-state index in [0.29, 0.717) is 6.29 Å². The average Bonchev–Trinajstić information content (AvgIpc) is 2.26. The smallest absolute Gasteiger partial charge is 0.266 e. The minimum Gasteiger partial charge on any atom is -0.481 e. The van der Waals surface area contributed by atoms with Gasteiger partial charge in [-0.25, -0.2) is 13.8 Å². The number of rotatable bonds is 4. The summed E-state index contributed by atoms with van der Waals surface area (Å²) in [4.78, 5) is 14.4. The fourth-order valence-electron chi connectivity index (χ4n) is 1.16. The van der Waals surface area contributed by atoms with Gasteiger partial charge >= 0.3 is 0 Å². The predicted molar refractivity (Wildman–Crippen MR) is 50.7 cm³/mol. The van der Waals surface area contributed by atoms with Crippen LogP contribution < -0.4 is 4.74 Å².